The molecule has 0 saturated carbocycles. The lowest BCUT2D eigenvalue weighted by Crippen LogP contribution is -2.51. The molecule has 3 rings (SSSR count). The van der Waals surface area contributed by atoms with Gasteiger partial charge < -0.3 is 15.0 Å². The van der Waals surface area contributed by atoms with E-state index >= 15 is 0 Å². The first-order valence-corrected chi connectivity index (χ1v) is 11.8. The van der Waals surface area contributed by atoms with Crippen LogP contribution in [0.15, 0.2) is 78.9 Å². The first kappa shape index (κ1) is 25.0. The molecule has 0 unspecified atom stereocenters. The van der Waals surface area contributed by atoms with E-state index in [1.807, 2.05) is 99.6 Å². The molecule has 0 aliphatic heterocycles. The van der Waals surface area contributed by atoms with Gasteiger partial charge in [0.15, 0.2) is 6.61 Å². The fourth-order valence-electron chi connectivity index (χ4n) is 3.82. The maximum Gasteiger partial charge on any atom is 0.261 e. The van der Waals surface area contributed by atoms with Crippen LogP contribution in [0.3, 0.4) is 0 Å². The summed E-state index contributed by atoms with van der Waals surface area (Å²) in [4.78, 5) is 28.5. The Morgan fingerprint density at radius 2 is 1.68 bits per heavy atom. The first-order valence-electron chi connectivity index (χ1n) is 11.8. The fourth-order valence-corrected chi connectivity index (χ4v) is 3.82. The third kappa shape index (κ3) is 7.20. The fraction of sp³-hybridized carbons (Fsp3) is 0.310. The van der Waals surface area contributed by atoms with E-state index < -0.39 is 6.04 Å². The highest BCUT2D eigenvalue weighted by atomic mass is 16.5. The zero-order valence-electron chi connectivity index (χ0n) is 20.3. The Balaban J connectivity index is 1.90. The summed E-state index contributed by atoms with van der Waals surface area (Å²) in [5.41, 5.74) is 4.14. The smallest absolute Gasteiger partial charge is 0.261 e. The van der Waals surface area contributed by atoms with E-state index in [0.717, 1.165) is 28.7 Å². The van der Waals surface area contributed by atoms with Crippen molar-refractivity contribution in [3.8, 4) is 5.75 Å². The predicted octanol–water partition coefficient (Wildman–Crippen LogP) is 4.85. The number of amides is 2. The summed E-state index contributed by atoms with van der Waals surface area (Å²) in [7, 11) is 0. The molecule has 0 saturated heterocycles. The molecule has 0 bridgehead atoms. The maximum absolute atomic E-state index is 13.5. The normalized spacial score (nSPS) is 11.5. The lowest BCUT2D eigenvalue weighted by molar-refractivity contribution is -0.142. The van der Waals surface area contributed by atoms with Crippen molar-refractivity contribution < 1.29 is 14.3 Å². The summed E-state index contributed by atoms with van der Waals surface area (Å²) >= 11 is 0. The molecule has 0 spiro atoms. The molecule has 5 nitrogen and oxygen atoms in total. The van der Waals surface area contributed by atoms with Crippen molar-refractivity contribution in [1.82, 2.24) is 10.2 Å². The third-order valence-corrected chi connectivity index (χ3v) is 5.77. The lowest BCUT2D eigenvalue weighted by Gasteiger charge is -2.32. The number of benzene rings is 3. The van der Waals surface area contributed by atoms with Crippen molar-refractivity contribution in [2.75, 3.05) is 13.2 Å². The van der Waals surface area contributed by atoms with Crippen LogP contribution in [-0.4, -0.2) is 35.9 Å². The highest BCUT2D eigenvalue weighted by molar-refractivity contribution is 5.88. The van der Waals surface area contributed by atoms with E-state index in [0.29, 0.717) is 25.3 Å². The van der Waals surface area contributed by atoms with Crippen molar-refractivity contribution in [3.05, 3.63) is 101 Å². The highest BCUT2D eigenvalue weighted by Gasteiger charge is 2.30. The Morgan fingerprint density at radius 1 is 0.941 bits per heavy atom. The van der Waals surface area contributed by atoms with E-state index in [2.05, 4.69) is 5.32 Å². The van der Waals surface area contributed by atoms with Gasteiger partial charge in [-0.15, -0.1) is 0 Å². The van der Waals surface area contributed by atoms with Crippen LogP contribution >= 0.6 is 0 Å². The lowest BCUT2D eigenvalue weighted by atomic mass is 10.0. The molecule has 3 aromatic carbocycles. The zero-order chi connectivity index (χ0) is 24.3. The summed E-state index contributed by atoms with van der Waals surface area (Å²) in [6.45, 7) is 6.77. The van der Waals surface area contributed by atoms with Gasteiger partial charge >= 0.3 is 0 Å². The van der Waals surface area contributed by atoms with Gasteiger partial charge in [0, 0.05) is 19.5 Å². The van der Waals surface area contributed by atoms with Gasteiger partial charge in [0.05, 0.1) is 0 Å². The number of nitrogens with one attached hydrogen (secondary N) is 1. The first-order chi connectivity index (χ1) is 16.5. The van der Waals surface area contributed by atoms with Gasteiger partial charge in [-0.1, -0.05) is 73.7 Å². The average molecular weight is 459 g/mol. The topological polar surface area (TPSA) is 58.6 Å². The molecular formula is C29H34N2O3. The number of hydrogen-bond donors (Lipinski definition) is 1. The number of aryl methyl sites for hydroxylation is 2. The molecular weight excluding hydrogens is 424 g/mol. The Bertz CT molecular complexity index is 1080. The quantitative estimate of drug-likeness (QED) is 0.447. The molecule has 34 heavy (non-hydrogen) atoms. The molecule has 0 aliphatic rings. The number of hydrogen-bond acceptors (Lipinski definition) is 3. The molecule has 178 valence electrons. The molecule has 0 aromatic heterocycles. The van der Waals surface area contributed by atoms with Crippen LogP contribution in [0.2, 0.25) is 0 Å². The van der Waals surface area contributed by atoms with E-state index in [1.54, 1.807) is 4.90 Å². The van der Waals surface area contributed by atoms with Gasteiger partial charge in [-0.2, -0.15) is 0 Å². The zero-order valence-corrected chi connectivity index (χ0v) is 20.3. The number of carbonyl (C=O) groups is 2. The Hall–Kier alpha value is -3.60. The van der Waals surface area contributed by atoms with E-state index in [-0.39, 0.29) is 18.4 Å². The number of ether oxygens (including phenoxy) is 1. The van der Waals surface area contributed by atoms with Gasteiger partial charge in [0.2, 0.25) is 5.91 Å². The van der Waals surface area contributed by atoms with E-state index in [9.17, 15) is 9.59 Å². The van der Waals surface area contributed by atoms with Gasteiger partial charge in [-0.3, -0.25) is 9.59 Å². The second kappa shape index (κ2) is 12.6. The minimum atomic E-state index is -0.651. The maximum atomic E-state index is 13.5. The van der Waals surface area contributed by atoms with E-state index in [4.69, 9.17) is 4.74 Å². The van der Waals surface area contributed by atoms with Gasteiger partial charge in [0.25, 0.3) is 5.91 Å². The second-order valence-corrected chi connectivity index (χ2v) is 8.55. The van der Waals surface area contributed by atoms with E-state index in [1.165, 1.54) is 0 Å². The SMILES string of the molecule is CCCNC(=O)[C@@H](Cc1ccccc1)N(Cc1ccccc1C)C(=O)COc1cccc(C)c1. The number of carbonyl (C=O) groups excluding carboxylic acids is 2. The Labute approximate surface area is 202 Å². The van der Waals surface area contributed by atoms with Crippen LogP contribution in [0, 0.1) is 13.8 Å². The predicted molar refractivity (Wildman–Crippen MR) is 136 cm³/mol. The summed E-state index contributed by atoms with van der Waals surface area (Å²) in [6, 6.07) is 24.7. The highest BCUT2D eigenvalue weighted by Crippen LogP contribution is 2.18. The van der Waals surface area contributed by atoms with Crippen molar-refractivity contribution in [3.63, 3.8) is 0 Å². The Kier molecular flexibility index (Phi) is 9.27. The van der Waals surface area contributed by atoms with Crippen molar-refractivity contribution in [2.24, 2.45) is 0 Å². The van der Waals surface area contributed by atoms with Crippen molar-refractivity contribution in [1.29, 1.82) is 0 Å². The summed E-state index contributed by atoms with van der Waals surface area (Å²) in [6.07, 6.45) is 1.25. The van der Waals surface area contributed by atoms with Crippen LogP contribution in [0.25, 0.3) is 0 Å². The molecule has 0 fully saturated rings. The largest absolute Gasteiger partial charge is 0.484 e. The standard InChI is InChI=1S/C29H34N2O3/c1-4-17-30-29(33)27(19-24-13-6-5-7-14-24)31(20-25-15-9-8-12-23(25)3)28(32)21-34-26-16-10-11-22(2)18-26/h5-16,18,27H,4,17,19-21H2,1-3H3,(H,30,33)/t27-/m1/s1. The molecule has 3 aromatic rings. The van der Waals surface area contributed by atoms with Crippen LogP contribution in [0.4, 0.5) is 0 Å². The van der Waals surface area contributed by atoms with Crippen molar-refractivity contribution >= 4 is 11.8 Å². The Morgan fingerprint density at radius 3 is 2.38 bits per heavy atom. The van der Waals surface area contributed by atoms with Crippen LogP contribution in [0.1, 0.15) is 35.6 Å². The second-order valence-electron chi connectivity index (χ2n) is 8.55. The minimum absolute atomic E-state index is 0.137. The molecule has 1 atom stereocenters. The molecule has 1 N–H and O–H groups in total. The monoisotopic (exact) mass is 458 g/mol. The van der Waals surface area contributed by atoms with Crippen LogP contribution < -0.4 is 10.1 Å². The van der Waals surface area contributed by atoms with Crippen LogP contribution in [0.5, 0.6) is 5.75 Å². The van der Waals surface area contributed by atoms with Gasteiger partial charge in [-0.05, 0) is 54.7 Å². The van der Waals surface area contributed by atoms with Crippen molar-refractivity contribution in [2.45, 2.75) is 46.2 Å². The molecule has 0 radical (unpaired) electrons. The number of nitrogens with zero attached hydrogens (tertiary/aromatic N) is 1. The molecule has 2 amide bonds. The molecule has 5 heteroatoms. The average Bonchev–Trinajstić information content (AvgIpc) is 2.85. The summed E-state index contributed by atoms with van der Waals surface area (Å²) in [5.74, 6) is 0.264. The molecule has 0 heterocycles. The number of rotatable bonds is 11. The van der Waals surface area contributed by atoms with Gasteiger partial charge in [0.1, 0.15) is 11.8 Å². The van der Waals surface area contributed by atoms with Gasteiger partial charge in [-0.25, -0.2) is 0 Å². The minimum Gasteiger partial charge on any atom is -0.484 e. The summed E-state index contributed by atoms with van der Waals surface area (Å²) in [5, 5.41) is 3.00. The molecule has 0 aliphatic carbocycles. The summed E-state index contributed by atoms with van der Waals surface area (Å²) < 4.78 is 5.84. The van der Waals surface area contributed by atoms with Crippen LogP contribution in [-0.2, 0) is 22.6 Å². The third-order valence-electron chi connectivity index (χ3n) is 5.77.